The summed E-state index contributed by atoms with van der Waals surface area (Å²) in [5.74, 6) is -0.527. The predicted octanol–water partition coefficient (Wildman–Crippen LogP) is 5.10. The first kappa shape index (κ1) is 23.5. The molecule has 6 nitrogen and oxygen atoms in total. The van der Waals surface area contributed by atoms with Crippen LogP contribution in [0.4, 0.5) is 5.69 Å². The molecule has 2 aromatic rings. The quantitative estimate of drug-likeness (QED) is 0.610. The number of amides is 1. The second kappa shape index (κ2) is 10.9. The fraction of sp³-hybridized carbons (Fsp3) is 0.423. The molecule has 0 spiro atoms. The van der Waals surface area contributed by atoms with Crippen molar-refractivity contribution in [3.63, 3.8) is 0 Å². The van der Waals surface area contributed by atoms with Crippen molar-refractivity contribution in [1.29, 1.82) is 0 Å². The molecule has 1 aliphatic carbocycles. The largest absolute Gasteiger partial charge is 0.458 e. The van der Waals surface area contributed by atoms with Crippen molar-refractivity contribution >= 4 is 23.5 Å². The Hall–Kier alpha value is -3.15. The summed E-state index contributed by atoms with van der Waals surface area (Å²) in [6.07, 6.45) is 2.80. The van der Waals surface area contributed by atoms with Gasteiger partial charge in [-0.25, -0.2) is 9.59 Å². The molecule has 0 aromatic heterocycles. The van der Waals surface area contributed by atoms with Crippen molar-refractivity contribution in [1.82, 2.24) is 0 Å². The van der Waals surface area contributed by atoms with Gasteiger partial charge in [0.1, 0.15) is 6.10 Å². The van der Waals surface area contributed by atoms with Gasteiger partial charge >= 0.3 is 11.9 Å². The van der Waals surface area contributed by atoms with Crippen LogP contribution in [0.15, 0.2) is 54.6 Å². The van der Waals surface area contributed by atoms with E-state index in [1.54, 1.807) is 42.5 Å². The lowest BCUT2D eigenvalue weighted by Crippen LogP contribution is -2.36. The summed E-state index contributed by atoms with van der Waals surface area (Å²) in [6.45, 7) is 6.01. The number of para-hydroxylation sites is 1. The minimum atomic E-state index is -0.738. The first-order valence-corrected chi connectivity index (χ1v) is 11.2. The lowest BCUT2D eigenvalue weighted by atomic mass is 9.75. The smallest absolute Gasteiger partial charge is 0.339 e. The first-order chi connectivity index (χ1) is 15.3. The molecule has 1 aliphatic rings. The molecule has 0 saturated heterocycles. The van der Waals surface area contributed by atoms with E-state index in [1.165, 1.54) is 6.07 Å². The third-order valence-corrected chi connectivity index (χ3v) is 5.98. The third-order valence-electron chi connectivity index (χ3n) is 5.98. The van der Waals surface area contributed by atoms with Crippen molar-refractivity contribution in [3.8, 4) is 0 Å². The molecule has 0 unspecified atom stereocenters. The predicted molar refractivity (Wildman–Crippen MR) is 122 cm³/mol. The summed E-state index contributed by atoms with van der Waals surface area (Å²) in [5, 5.41) is 2.65. The maximum Gasteiger partial charge on any atom is 0.339 e. The van der Waals surface area contributed by atoms with E-state index in [-0.39, 0.29) is 17.2 Å². The number of hydrogen-bond acceptors (Lipinski definition) is 5. The van der Waals surface area contributed by atoms with Crippen LogP contribution in [-0.4, -0.2) is 30.6 Å². The molecule has 1 saturated carbocycles. The summed E-state index contributed by atoms with van der Waals surface area (Å²) < 4.78 is 11.1. The highest BCUT2D eigenvalue weighted by Gasteiger charge is 2.34. The van der Waals surface area contributed by atoms with E-state index in [4.69, 9.17) is 9.47 Å². The van der Waals surface area contributed by atoms with E-state index >= 15 is 0 Å². The van der Waals surface area contributed by atoms with Gasteiger partial charge in [0.05, 0.1) is 11.1 Å². The van der Waals surface area contributed by atoms with Crippen LogP contribution < -0.4 is 5.32 Å². The van der Waals surface area contributed by atoms with Crippen LogP contribution in [0, 0.1) is 17.8 Å². The standard InChI is InChI=1S/C26H31NO5/c1-17(2)20-14-13-18(3)15-23(20)32-26(30)22-12-8-7-11-21(22)25(29)31-16-24(28)27-19-9-5-4-6-10-19/h4-12,17-18,20,23H,13-16H2,1-3H3,(H,27,28)/t18-,20+,23-/m1/s1. The summed E-state index contributed by atoms with van der Waals surface area (Å²) >= 11 is 0. The third kappa shape index (κ3) is 6.19. The Labute approximate surface area is 189 Å². The van der Waals surface area contributed by atoms with Crippen molar-refractivity contribution in [2.75, 3.05) is 11.9 Å². The fourth-order valence-corrected chi connectivity index (χ4v) is 4.22. The van der Waals surface area contributed by atoms with Crippen molar-refractivity contribution in [2.45, 2.75) is 46.1 Å². The Morgan fingerprint density at radius 2 is 1.56 bits per heavy atom. The Morgan fingerprint density at radius 1 is 0.938 bits per heavy atom. The van der Waals surface area contributed by atoms with Crippen molar-refractivity contribution in [2.24, 2.45) is 17.8 Å². The van der Waals surface area contributed by atoms with E-state index in [9.17, 15) is 14.4 Å². The molecule has 2 aromatic carbocycles. The molecule has 0 heterocycles. The van der Waals surface area contributed by atoms with E-state index < -0.39 is 24.5 Å². The van der Waals surface area contributed by atoms with Crippen LogP contribution in [-0.2, 0) is 14.3 Å². The molecule has 3 rings (SSSR count). The number of rotatable bonds is 7. The molecule has 1 fully saturated rings. The molecular formula is C26H31NO5. The molecule has 1 amide bonds. The minimum Gasteiger partial charge on any atom is -0.458 e. The number of nitrogens with one attached hydrogen (secondary N) is 1. The molecule has 1 N–H and O–H groups in total. The summed E-state index contributed by atoms with van der Waals surface area (Å²) in [4.78, 5) is 37.7. The molecule has 6 heteroatoms. The van der Waals surface area contributed by atoms with Gasteiger partial charge in [0.2, 0.25) is 0 Å². The summed E-state index contributed by atoms with van der Waals surface area (Å²) in [6, 6.07) is 15.3. The number of carbonyl (C=O) groups is 3. The number of hydrogen-bond donors (Lipinski definition) is 1. The Kier molecular flexibility index (Phi) is 8.03. The van der Waals surface area contributed by atoms with Crippen LogP contribution >= 0.6 is 0 Å². The van der Waals surface area contributed by atoms with Crippen molar-refractivity contribution in [3.05, 3.63) is 65.7 Å². The van der Waals surface area contributed by atoms with Gasteiger partial charge in [0.15, 0.2) is 6.61 Å². The Bertz CT molecular complexity index is 940. The maximum atomic E-state index is 13.0. The van der Waals surface area contributed by atoms with Gasteiger partial charge < -0.3 is 14.8 Å². The second-order valence-corrected chi connectivity index (χ2v) is 8.81. The number of ether oxygens (including phenoxy) is 2. The van der Waals surface area contributed by atoms with E-state index in [2.05, 4.69) is 26.1 Å². The van der Waals surface area contributed by atoms with Crippen LogP contribution in [0.2, 0.25) is 0 Å². The molecular weight excluding hydrogens is 406 g/mol. The highest BCUT2D eigenvalue weighted by atomic mass is 16.5. The minimum absolute atomic E-state index is 0.0926. The van der Waals surface area contributed by atoms with E-state index in [0.717, 1.165) is 19.3 Å². The molecule has 0 radical (unpaired) electrons. The summed E-state index contributed by atoms with van der Waals surface area (Å²) in [7, 11) is 0. The number of carbonyl (C=O) groups excluding carboxylic acids is 3. The monoisotopic (exact) mass is 437 g/mol. The molecule has 32 heavy (non-hydrogen) atoms. The fourth-order valence-electron chi connectivity index (χ4n) is 4.22. The second-order valence-electron chi connectivity index (χ2n) is 8.81. The topological polar surface area (TPSA) is 81.7 Å². The van der Waals surface area contributed by atoms with Crippen LogP contribution in [0.25, 0.3) is 0 Å². The lowest BCUT2D eigenvalue weighted by Gasteiger charge is -2.36. The highest BCUT2D eigenvalue weighted by molar-refractivity contribution is 6.04. The number of benzene rings is 2. The van der Waals surface area contributed by atoms with E-state index in [1.807, 2.05) is 6.07 Å². The zero-order chi connectivity index (χ0) is 23.1. The van der Waals surface area contributed by atoms with Gasteiger partial charge in [-0.15, -0.1) is 0 Å². The average Bonchev–Trinajstić information content (AvgIpc) is 2.78. The molecule has 170 valence electrons. The van der Waals surface area contributed by atoms with Gasteiger partial charge in [0, 0.05) is 5.69 Å². The normalized spacial score (nSPS) is 20.4. The SMILES string of the molecule is CC(C)[C@@H]1CC[C@@H](C)C[C@H]1OC(=O)c1ccccc1C(=O)OCC(=O)Nc1ccccc1. The molecule has 0 bridgehead atoms. The van der Waals surface area contributed by atoms with Crippen LogP contribution in [0.3, 0.4) is 0 Å². The van der Waals surface area contributed by atoms with Gasteiger partial charge in [-0.1, -0.05) is 57.5 Å². The van der Waals surface area contributed by atoms with Crippen LogP contribution in [0.5, 0.6) is 0 Å². The van der Waals surface area contributed by atoms with Gasteiger partial charge in [-0.3, -0.25) is 4.79 Å². The highest BCUT2D eigenvalue weighted by Crippen LogP contribution is 2.35. The zero-order valence-corrected chi connectivity index (χ0v) is 18.9. The van der Waals surface area contributed by atoms with Gasteiger partial charge in [0.25, 0.3) is 5.91 Å². The maximum absolute atomic E-state index is 13.0. The van der Waals surface area contributed by atoms with E-state index in [0.29, 0.717) is 23.4 Å². The van der Waals surface area contributed by atoms with Gasteiger partial charge in [-0.2, -0.15) is 0 Å². The molecule has 0 aliphatic heterocycles. The number of esters is 2. The molecule has 3 atom stereocenters. The Morgan fingerprint density at radius 3 is 2.22 bits per heavy atom. The van der Waals surface area contributed by atoms with Crippen LogP contribution in [0.1, 0.15) is 60.7 Å². The summed E-state index contributed by atoms with van der Waals surface area (Å²) in [5.41, 5.74) is 0.857. The lowest BCUT2D eigenvalue weighted by molar-refractivity contribution is -0.119. The van der Waals surface area contributed by atoms with Gasteiger partial charge in [-0.05, 0) is 54.9 Å². The Balaban J connectivity index is 1.64. The van der Waals surface area contributed by atoms with Crippen molar-refractivity contribution < 1.29 is 23.9 Å². The first-order valence-electron chi connectivity index (χ1n) is 11.2. The zero-order valence-electron chi connectivity index (χ0n) is 18.9. The average molecular weight is 438 g/mol. The number of anilines is 1.